The highest BCUT2D eigenvalue weighted by molar-refractivity contribution is 5.24. The molecule has 0 amide bonds. The van der Waals surface area contributed by atoms with Crippen LogP contribution in [0.4, 0.5) is 0 Å². The minimum atomic E-state index is -0.146. The molecule has 0 bridgehead atoms. The van der Waals surface area contributed by atoms with Crippen LogP contribution in [0.2, 0.25) is 0 Å². The van der Waals surface area contributed by atoms with E-state index in [1.54, 1.807) is 12.4 Å². The quantitative estimate of drug-likeness (QED) is 0.586. The molecule has 0 saturated heterocycles. The van der Waals surface area contributed by atoms with Gasteiger partial charge >= 0.3 is 0 Å². The molecule has 0 aliphatic heterocycles. The number of nitrogens with two attached hydrogens (primary N) is 1. The molecule has 2 heterocycles. The van der Waals surface area contributed by atoms with Gasteiger partial charge in [0.25, 0.3) is 0 Å². The van der Waals surface area contributed by atoms with Gasteiger partial charge in [0.1, 0.15) is 17.6 Å². The predicted octanol–water partition coefficient (Wildman–Crippen LogP) is 1.54. The van der Waals surface area contributed by atoms with E-state index in [0.29, 0.717) is 0 Å². The lowest BCUT2D eigenvalue weighted by molar-refractivity contribution is 0.434. The normalized spacial score (nSPS) is 12.7. The highest BCUT2D eigenvalue weighted by Crippen LogP contribution is 2.22. The third-order valence-corrected chi connectivity index (χ3v) is 2.23. The Balaban J connectivity index is 2.33. The number of aryl methyl sites for hydroxylation is 1. The molecule has 0 aromatic carbocycles. The molecule has 0 fully saturated rings. The lowest BCUT2D eigenvalue weighted by Crippen LogP contribution is -2.28. The molecule has 3 N–H and O–H groups in total. The van der Waals surface area contributed by atoms with E-state index in [4.69, 9.17) is 10.3 Å². The van der Waals surface area contributed by atoms with Gasteiger partial charge < -0.3 is 4.42 Å². The van der Waals surface area contributed by atoms with Gasteiger partial charge in [0.05, 0.1) is 0 Å². The van der Waals surface area contributed by atoms with E-state index >= 15 is 0 Å². The van der Waals surface area contributed by atoms with Crippen molar-refractivity contribution in [3.8, 4) is 0 Å². The third kappa shape index (κ3) is 2.06. The summed E-state index contributed by atoms with van der Waals surface area (Å²) in [4.78, 5) is 4.05. The second-order valence-corrected chi connectivity index (χ2v) is 3.33. The van der Waals surface area contributed by atoms with Gasteiger partial charge in [0.15, 0.2) is 0 Å². The average molecular weight is 203 g/mol. The summed E-state index contributed by atoms with van der Waals surface area (Å²) in [5, 5.41) is 0. The molecule has 0 saturated carbocycles. The van der Waals surface area contributed by atoms with Crippen LogP contribution in [0.5, 0.6) is 0 Å². The minimum Gasteiger partial charge on any atom is -0.464 e. The molecule has 0 aliphatic carbocycles. The Morgan fingerprint density at radius 2 is 2.27 bits per heavy atom. The Kier molecular flexibility index (Phi) is 2.80. The summed E-state index contributed by atoms with van der Waals surface area (Å²) in [6.07, 6.45) is 3.49. The van der Waals surface area contributed by atoms with Crippen LogP contribution in [-0.2, 0) is 0 Å². The van der Waals surface area contributed by atoms with Crippen LogP contribution in [0.15, 0.2) is 41.1 Å². The smallest absolute Gasteiger partial charge is 0.126 e. The molecule has 0 aliphatic rings. The van der Waals surface area contributed by atoms with Crippen LogP contribution in [0.3, 0.4) is 0 Å². The summed E-state index contributed by atoms with van der Waals surface area (Å²) >= 11 is 0. The maximum Gasteiger partial charge on any atom is 0.126 e. The zero-order chi connectivity index (χ0) is 10.7. The number of nitrogens with one attached hydrogen (secondary N) is 1. The first kappa shape index (κ1) is 9.89. The first-order valence-electron chi connectivity index (χ1n) is 4.73. The molecule has 0 radical (unpaired) electrons. The molecule has 1 atom stereocenters. The first-order chi connectivity index (χ1) is 7.31. The Bertz CT molecular complexity index is 424. The molecule has 15 heavy (non-hydrogen) atoms. The summed E-state index contributed by atoms with van der Waals surface area (Å²) in [6, 6.07) is 7.50. The third-order valence-electron chi connectivity index (χ3n) is 2.23. The number of rotatable bonds is 3. The highest BCUT2D eigenvalue weighted by atomic mass is 16.3. The van der Waals surface area contributed by atoms with E-state index in [1.807, 2.05) is 31.2 Å². The van der Waals surface area contributed by atoms with Gasteiger partial charge in [-0.15, -0.1) is 0 Å². The van der Waals surface area contributed by atoms with Gasteiger partial charge in [-0.25, -0.2) is 5.43 Å². The molecule has 2 aromatic heterocycles. The fourth-order valence-electron chi connectivity index (χ4n) is 1.50. The van der Waals surface area contributed by atoms with Gasteiger partial charge in [0.2, 0.25) is 0 Å². The van der Waals surface area contributed by atoms with E-state index in [9.17, 15) is 0 Å². The number of hydrogen-bond acceptors (Lipinski definition) is 4. The van der Waals surface area contributed by atoms with E-state index in [-0.39, 0.29) is 6.04 Å². The largest absolute Gasteiger partial charge is 0.464 e. The van der Waals surface area contributed by atoms with Crippen LogP contribution in [0.25, 0.3) is 0 Å². The lowest BCUT2D eigenvalue weighted by Gasteiger charge is -2.12. The van der Waals surface area contributed by atoms with Gasteiger partial charge in [-0.05, 0) is 30.7 Å². The van der Waals surface area contributed by atoms with Gasteiger partial charge in [-0.3, -0.25) is 10.8 Å². The average Bonchev–Trinajstić information content (AvgIpc) is 2.68. The minimum absolute atomic E-state index is 0.146. The maximum atomic E-state index is 5.52. The molecule has 4 nitrogen and oxygen atoms in total. The molecule has 78 valence electrons. The fourth-order valence-corrected chi connectivity index (χ4v) is 1.50. The number of furan rings is 1. The van der Waals surface area contributed by atoms with Crippen LogP contribution in [-0.4, -0.2) is 4.98 Å². The van der Waals surface area contributed by atoms with Crippen molar-refractivity contribution in [3.63, 3.8) is 0 Å². The number of hydrazine groups is 1. The second kappa shape index (κ2) is 4.25. The summed E-state index contributed by atoms with van der Waals surface area (Å²) in [5.41, 5.74) is 3.70. The van der Waals surface area contributed by atoms with Crippen molar-refractivity contribution in [1.29, 1.82) is 0 Å². The van der Waals surface area contributed by atoms with Gasteiger partial charge in [0, 0.05) is 12.4 Å². The Morgan fingerprint density at radius 1 is 1.40 bits per heavy atom. The number of aromatic nitrogens is 1. The predicted molar refractivity (Wildman–Crippen MR) is 56.8 cm³/mol. The zero-order valence-electron chi connectivity index (χ0n) is 8.47. The van der Waals surface area contributed by atoms with E-state index in [2.05, 4.69) is 10.4 Å². The molecule has 1 unspecified atom stereocenters. The van der Waals surface area contributed by atoms with Gasteiger partial charge in [-0.1, -0.05) is 6.07 Å². The highest BCUT2D eigenvalue weighted by Gasteiger charge is 2.15. The second-order valence-electron chi connectivity index (χ2n) is 3.33. The number of pyridine rings is 1. The van der Waals surface area contributed by atoms with Crippen LogP contribution in [0, 0.1) is 6.92 Å². The lowest BCUT2D eigenvalue weighted by atomic mass is 10.1. The summed E-state index contributed by atoms with van der Waals surface area (Å²) in [5.74, 6) is 7.17. The Hall–Kier alpha value is -1.65. The molecular weight excluding hydrogens is 190 g/mol. The molecular formula is C11H13N3O. The number of nitrogens with zero attached hydrogens (tertiary/aromatic N) is 1. The molecule has 4 heteroatoms. The number of hydrogen-bond donors (Lipinski definition) is 2. The van der Waals surface area contributed by atoms with Crippen molar-refractivity contribution in [3.05, 3.63) is 53.7 Å². The van der Waals surface area contributed by atoms with E-state index < -0.39 is 0 Å². The summed E-state index contributed by atoms with van der Waals surface area (Å²) < 4.78 is 5.52. The van der Waals surface area contributed by atoms with Crippen molar-refractivity contribution in [2.24, 2.45) is 5.84 Å². The fraction of sp³-hybridized carbons (Fsp3) is 0.182. The molecule has 0 spiro atoms. The van der Waals surface area contributed by atoms with Gasteiger partial charge in [-0.2, -0.15) is 0 Å². The SMILES string of the molecule is Cc1ccc(C(NN)c2cccnc2)o1. The van der Waals surface area contributed by atoms with E-state index in [0.717, 1.165) is 17.1 Å². The van der Waals surface area contributed by atoms with Crippen molar-refractivity contribution in [1.82, 2.24) is 10.4 Å². The summed E-state index contributed by atoms with van der Waals surface area (Å²) in [7, 11) is 0. The summed E-state index contributed by atoms with van der Waals surface area (Å²) in [6.45, 7) is 1.90. The van der Waals surface area contributed by atoms with Crippen molar-refractivity contribution in [2.75, 3.05) is 0 Å². The topological polar surface area (TPSA) is 64.1 Å². The maximum absolute atomic E-state index is 5.52. The Morgan fingerprint density at radius 3 is 2.80 bits per heavy atom. The Labute approximate surface area is 88.1 Å². The van der Waals surface area contributed by atoms with Crippen molar-refractivity contribution < 1.29 is 4.42 Å². The van der Waals surface area contributed by atoms with Crippen LogP contribution < -0.4 is 11.3 Å². The molecule has 2 rings (SSSR count). The standard InChI is InChI=1S/C11H13N3O/c1-8-4-5-10(15-8)11(14-12)9-3-2-6-13-7-9/h2-7,11,14H,12H2,1H3. The van der Waals surface area contributed by atoms with Crippen molar-refractivity contribution in [2.45, 2.75) is 13.0 Å². The zero-order valence-corrected chi connectivity index (χ0v) is 8.47. The van der Waals surface area contributed by atoms with Crippen LogP contribution >= 0.6 is 0 Å². The monoisotopic (exact) mass is 203 g/mol. The first-order valence-corrected chi connectivity index (χ1v) is 4.73. The molecule has 2 aromatic rings. The van der Waals surface area contributed by atoms with Crippen molar-refractivity contribution >= 4 is 0 Å². The van der Waals surface area contributed by atoms with Crippen LogP contribution in [0.1, 0.15) is 23.1 Å². The van der Waals surface area contributed by atoms with E-state index in [1.165, 1.54) is 0 Å².